The summed E-state index contributed by atoms with van der Waals surface area (Å²) >= 11 is 1.32. The molecule has 0 fully saturated rings. The fourth-order valence-corrected chi connectivity index (χ4v) is 3.53. The molecule has 0 aliphatic carbocycles. The number of aryl methyl sites for hydroxylation is 2. The zero-order valence-corrected chi connectivity index (χ0v) is 14.2. The van der Waals surface area contributed by atoms with Crippen molar-refractivity contribution in [3.63, 3.8) is 0 Å². The number of anilines is 2. The summed E-state index contributed by atoms with van der Waals surface area (Å²) in [6, 6.07) is 6.09. The number of esters is 1. The van der Waals surface area contributed by atoms with Crippen molar-refractivity contribution in [1.29, 1.82) is 0 Å². The summed E-state index contributed by atoms with van der Waals surface area (Å²) in [6.07, 6.45) is 1.51. The molecule has 0 aliphatic heterocycles. The predicted octanol–water partition coefficient (Wildman–Crippen LogP) is 4.15. The Hall–Kier alpha value is -2.47. The average Bonchev–Trinajstić information content (AvgIpc) is 2.89. The van der Waals surface area contributed by atoms with Gasteiger partial charge in [-0.2, -0.15) is 0 Å². The molecular formula is C17H17N3O2S. The second kappa shape index (κ2) is 5.96. The Kier molecular flexibility index (Phi) is 4.00. The molecule has 5 nitrogen and oxygen atoms in total. The van der Waals surface area contributed by atoms with Gasteiger partial charge < -0.3 is 10.1 Å². The average molecular weight is 327 g/mol. The van der Waals surface area contributed by atoms with Gasteiger partial charge in [0.1, 0.15) is 21.9 Å². The van der Waals surface area contributed by atoms with E-state index in [9.17, 15) is 4.79 Å². The highest BCUT2D eigenvalue weighted by Crippen LogP contribution is 2.35. The number of carbonyl (C=O) groups is 1. The molecule has 1 N–H and O–H groups in total. The van der Waals surface area contributed by atoms with Crippen LogP contribution in [0.5, 0.6) is 0 Å². The number of carbonyl (C=O) groups excluding carboxylic acids is 1. The van der Waals surface area contributed by atoms with E-state index in [-0.39, 0.29) is 5.97 Å². The third-order valence-corrected chi connectivity index (χ3v) is 5.14. The maximum atomic E-state index is 11.9. The lowest BCUT2D eigenvalue weighted by molar-refractivity contribution is 0.0605. The first kappa shape index (κ1) is 15.4. The largest absolute Gasteiger partial charge is 0.465 e. The number of nitrogens with zero attached hydrogens (tertiary/aromatic N) is 2. The van der Waals surface area contributed by atoms with Gasteiger partial charge in [-0.15, -0.1) is 11.3 Å². The normalized spacial score (nSPS) is 10.8. The smallest absolute Gasteiger partial charge is 0.348 e. The van der Waals surface area contributed by atoms with Gasteiger partial charge in [0.15, 0.2) is 0 Å². The van der Waals surface area contributed by atoms with Crippen LogP contribution in [0.25, 0.3) is 10.2 Å². The van der Waals surface area contributed by atoms with E-state index in [1.807, 2.05) is 19.1 Å². The van der Waals surface area contributed by atoms with Crippen molar-refractivity contribution in [3.05, 3.63) is 46.1 Å². The molecule has 23 heavy (non-hydrogen) atoms. The van der Waals surface area contributed by atoms with Gasteiger partial charge in [0.05, 0.1) is 12.5 Å². The standard InChI is InChI=1S/C17H17N3O2S/c1-9-6-5-7-12(10(9)2)20-15-13-11(3)14(17(21)22-4)23-16(13)19-8-18-15/h5-8H,1-4H3,(H,18,19,20). The van der Waals surface area contributed by atoms with Gasteiger partial charge >= 0.3 is 5.97 Å². The number of methoxy groups -OCH3 is 1. The van der Waals surface area contributed by atoms with E-state index in [1.54, 1.807) is 0 Å². The van der Waals surface area contributed by atoms with Gasteiger partial charge in [-0.25, -0.2) is 14.8 Å². The highest BCUT2D eigenvalue weighted by atomic mass is 32.1. The minimum absolute atomic E-state index is 0.344. The van der Waals surface area contributed by atoms with Crippen molar-refractivity contribution in [2.24, 2.45) is 0 Å². The van der Waals surface area contributed by atoms with Crippen molar-refractivity contribution >= 4 is 39.0 Å². The van der Waals surface area contributed by atoms with Crippen molar-refractivity contribution < 1.29 is 9.53 Å². The molecule has 3 aromatic rings. The summed E-state index contributed by atoms with van der Waals surface area (Å²) in [7, 11) is 1.38. The Balaban J connectivity index is 2.13. The maximum Gasteiger partial charge on any atom is 0.348 e. The SMILES string of the molecule is COC(=O)c1sc2ncnc(Nc3cccc(C)c3C)c2c1C. The number of nitrogens with one attached hydrogen (secondary N) is 1. The first-order valence-corrected chi connectivity index (χ1v) is 8.00. The molecule has 0 bridgehead atoms. The van der Waals surface area contributed by atoms with Gasteiger partial charge in [-0.3, -0.25) is 0 Å². The lowest BCUT2D eigenvalue weighted by atomic mass is 10.1. The van der Waals surface area contributed by atoms with Crippen LogP contribution in [0.2, 0.25) is 0 Å². The second-order valence-corrected chi connectivity index (χ2v) is 6.32. The summed E-state index contributed by atoms with van der Waals surface area (Å²) in [5.41, 5.74) is 4.21. The Labute approximate surface area is 138 Å². The minimum atomic E-state index is -0.344. The van der Waals surface area contributed by atoms with E-state index in [1.165, 1.54) is 35.9 Å². The zero-order valence-electron chi connectivity index (χ0n) is 13.4. The number of rotatable bonds is 3. The summed E-state index contributed by atoms with van der Waals surface area (Å²) in [6.45, 7) is 6.03. The Morgan fingerprint density at radius 2 is 1.96 bits per heavy atom. The van der Waals surface area contributed by atoms with E-state index in [0.717, 1.165) is 21.5 Å². The zero-order chi connectivity index (χ0) is 16.6. The van der Waals surface area contributed by atoms with Crippen LogP contribution in [0.3, 0.4) is 0 Å². The quantitative estimate of drug-likeness (QED) is 0.732. The van der Waals surface area contributed by atoms with E-state index in [0.29, 0.717) is 10.7 Å². The molecule has 6 heteroatoms. The van der Waals surface area contributed by atoms with Crippen LogP contribution in [0.15, 0.2) is 24.5 Å². The van der Waals surface area contributed by atoms with Crippen molar-refractivity contribution in [1.82, 2.24) is 9.97 Å². The first-order valence-electron chi connectivity index (χ1n) is 7.18. The molecule has 0 aliphatic rings. The molecule has 3 rings (SSSR count). The highest BCUT2D eigenvalue weighted by Gasteiger charge is 2.20. The fraction of sp³-hybridized carbons (Fsp3) is 0.235. The minimum Gasteiger partial charge on any atom is -0.465 e. The number of aromatic nitrogens is 2. The molecule has 0 amide bonds. The number of hydrogen-bond donors (Lipinski definition) is 1. The van der Waals surface area contributed by atoms with Gasteiger partial charge in [-0.1, -0.05) is 12.1 Å². The van der Waals surface area contributed by atoms with Crippen molar-refractivity contribution in [3.8, 4) is 0 Å². The summed E-state index contributed by atoms with van der Waals surface area (Å²) in [5.74, 6) is 0.357. The molecule has 2 aromatic heterocycles. The third-order valence-electron chi connectivity index (χ3n) is 3.96. The molecule has 0 saturated heterocycles. The Morgan fingerprint density at radius 1 is 1.17 bits per heavy atom. The number of ether oxygens (including phenoxy) is 1. The number of hydrogen-bond acceptors (Lipinski definition) is 6. The molecule has 2 heterocycles. The number of benzene rings is 1. The predicted molar refractivity (Wildman–Crippen MR) is 92.7 cm³/mol. The van der Waals surface area contributed by atoms with Crippen LogP contribution >= 0.6 is 11.3 Å². The highest BCUT2D eigenvalue weighted by molar-refractivity contribution is 7.20. The number of fused-ring (bicyclic) bond motifs is 1. The van der Waals surface area contributed by atoms with E-state index in [4.69, 9.17) is 4.74 Å². The summed E-state index contributed by atoms with van der Waals surface area (Å²) < 4.78 is 4.84. The Morgan fingerprint density at radius 3 is 2.70 bits per heavy atom. The lowest BCUT2D eigenvalue weighted by Gasteiger charge is -2.11. The van der Waals surface area contributed by atoms with Gasteiger partial charge in [0.2, 0.25) is 0 Å². The molecule has 0 atom stereocenters. The molecule has 0 saturated carbocycles. The Bertz CT molecular complexity index is 902. The summed E-state index contributed by atoms with van der Waals surface area (Å²) in [5, 5.41) is 4.23. The molecule has 118 valence electrons. The van der Waals surface area contributed by atoms with Crippen molar-refractivity contribution in [2.45, 2.75) is 20.8 Å². The van der Waals surface area contributed by atoms with Crippen molar-refractivity contribution in [2.75, 3.05) is 12.4 Å². The molecule has 1 aromatic carbocycles. The van der Waals surface area contributed by atoms with E-state index >= 15 is 0 Å². The second-order valence-electron chi connectivity index (χ2n) is 5.32. The molecule has 0 unspecified atom stereocenters. The van der Waals surface area contributed by atoms with E-state index < -0.39 is 0 Å². The van der Waals surface area contributed by atoms with Gasteiger partial charge in [0.25, 0.3) is 0 Å². The van der Waals surface area contributed by atoms with Crippen LogP contribution < -0.4 is 5.32 Å². The first-order chi connectivity index (χ1) is 11.0. The van der Waals surface area contributed by atoms with Gasteiger partial charge in [0, 0.05) is 5.69 Å². The van der Waals surface area contributed by atoms with Gasteiger partial charge in [-0.05, 0) is 43.5 Å². The molecule has 0 spiro atoms. The topological polar surface area (TPSA) is 64.1 Å². The summed E-state index contributed by atoms with van der Waals surface area (Å²) in [4.78, 5) is 21.9. The third kappa shape index (κ3) is 2.66. The lowest BCUT2D eigenvalue weighted by Crippen LogP contribution is -2.01. The fourth-order valence-electron chi connectivity index (χ4n) is 2.47. The molecule has 0 radical (unpaired) electrons. The van der Waals surface area contributed by atoms with Crippen LogP contribution in [0, 0.1) is 20.8 Å². The number of thiophene rings is 1. The monoisotopic (exact) mass is 327 g/mol. The van der Waals surface area contributed by atoms with E-state index in [2.05, 4.69) is 35.2 Å². The van der Waals surface area contributed by atoms with Crippen LogP contribution in [0.4, 0.5) is 11.5 Å². The maximum absolute atomic E-state index is 11.9. The van der Waals surface area contributed by atoms with Crippen LogP contribution in [0.1, 0.15) is 26.4 Å². The molecular weight excluding hydrogens is 310 g/mol. The van der Waals surface area contributed by atoms with Crippen LogP contribution in [-0.4, -0.2) is 23.0 Å². The van der Waals surface area contributed by atoms with Crippen LogP contribution in [-0.2, 0) is 4.74 Å².